The van der Waals surface area contributed by atoms with Gasteiger partial charge in [0.25, 0.3) is 0 Å². The van der Waals surface area contributed by atoms with E-state index in [2.05, 4.69) is 9.05 Å². The Morgan fingerprint density at radius 1 is 1.00 bits per heavy atom. The van der Waals surface area contributed by atoms with Crippen LogP contribution in [0.3, 0.4) is 0 Å². The van der Waals surface area contributed by atoms with Crippen molar-refractivity contribution < 1.29 is 18.6 Å². The number of benzene rings is 1. The minimum Gasteiger partial charge on any atom is -0.448 e. The van der Waals surface area contributed by atoms with Crippen molar-refractivity contribution in [2.75, 3.05) is 0 Å². The molecule has 2 unspecified atom stereocenters. The van der Waals surface area contributed by atoms with Crippen molar-refractivity contribution in [1.29, 1.82) is 0 Å². The van der Waals surface area contributed by atoms with Crippen LogP contribution in [0.4, 0.5) is 0 Å². The average Bonchev–Trinajstić information content (AvgIpc) is 2.27. The van der Waals surface area contributed by atoms with Crippen molar-refractivity contribution >= 4 is 30.9 Å². The van der Waals surface area contributed by atoms with Crippen LogP contribution in [-0.4, -0.2) is 11.9 Å². The van der Waals surface area contributed by atoms with Gasteiger partial charge in [-0.3, -0.25) is 0 Å². The standard InChI is InChI=1S/C8H8O4P2/c9-7(11-13)5-2-1-3-6(4-5)8(10)12-14/h1-4H,13-14H2. The maximum atomic E-state index is 11.1. The highest BCUT2D eigenvalue weighted by Crippen LogP contribution is 2.10. The van der Waals surface area contributed by atoms with Gasteiger partial charge in [0, 0.05) is 0 Å². The number of rotatable bonds is 2. The zero-order valence-corrected chi connectivity index (χ0v) is 9.41. The van der Waals surface area contributed by atoms with Crippen LogP contribution in [0.25, 0.3) is 0 Å². The summed E-state index contributed by atoms with van der Waals surface area (Å²) in [7, 11) is 3.70. The average molecular weight is 230 g/mol. The van der Waals surface area contributed by atoms with E-state index < -0.39 is 11.9 Å². The molecule has 4 nitrogen and oxygen atoms in total. The van der Waals surface area contributed by atoms with Gasteiger partial charge in [0.2, 0.25) is 0 Å². The minimum absolute atomic E-state index is 0.299. The van der Waals surface area contributed by atoms with Crippen LogP contribution in [0.15, 0.2) is 24.3 Å². The van der Waals surface area contributed by atoms with E-state index in [1.807, 2.05) is 18.9 Å². The van der Waals surface area contributed by atoms with Gasteiger partial charge in [0.15, 0.2) is 0 Å². The van der Waals surface area contributed by atoms with Crippen molar-refractivity contribution in [3.05, 3.63) is 35.4 Å². The van der Waals surface area contributed by atoms with Gasteiger partial charge in [-0.15, -0.1) is 0 Å². The monoisotopic (exact) mass is 230 g/mol. The molecule has 6 heteroatoms. The highest BCUT2D eigenvalue weighted by molar-refractivity contribution is 7.11. The van der Waals surface area contributed by atoms with Crippen LogP contribution in [0.1, 0.15) is 20.7 Å². The lowest BCUT2D eigenvalue weighted by molar-refractivity contribution is 0.0765. The van der Waals surface area contributed by atoms with E-state index in [9.17, 15) is 9.59 Å². The highest BCUT2D eigenvalue weighted by atomic mass is 31.0. The second-order valence-electron chi connectivity index (χ2n) is 2.39. The zero-order chi connectivity index (χ0) is 10.6. The van der Waals surface area contributed by atoms with Gasteiger partial charge in [0.1, 0.15) is 0 Å². The normalized spacial score (nSPS) is 9.29. The summed E-state index contributed by atoms with van der Waals surface area (Å²) in [6, 6.07) is 6.07. The Hall–Kier alpha value is -0.980. The van der Waals surface area contributed by atoms with Crippen LogP contribution >= 0.6 is 18.9 Å². The van der Waals surface area contributed by atoms with Crippen molar-refractivity contribution in [1.82, 2.24) is 0 Å². The van der Waals surface area contributed by atoms with Crippen molar-refractivity contribution in [2.45, 2.75) is 0 Å². The Bertz CT molecular complexity index is 333. The van der Waals surface area contributed by atoms with E-state index in [1.165, 1.54) is 6.07 Å². The summed E-state index contributed by atoms with van der Waals surface area (Å²) in [5.74, 6) is -1.04. The zero-order valence-electron chi connectivity index (χ0n) is 7.10. The Balaban J connectivity index is 3.01. The molecule has 0 aliphatic rings. The molecule has 2 atom stereocenters. The summed E-state index contributed by atoms with van der Waals surface area (Å²) in [5, 5.41) is 0. The second kappa shape index (κ2) is 5.04. The third-order valence-electron chi connectivity index (χ3n) is 1.55. The quantitative estimate of drug-likeness (QED) is 0.723. The molecular weight excluding hydrogens is 222 g/mol. The molecule has 0 fully saturated rings. The second-order valence-corrected chi connectivity index (χ2v) is 2.86. The van der Waals surface area contributed by atoms with E-state index in [-0.39, 0.29) is 0 Å². The molecular formula is C8H8O4P2. The van der Waals surface area contributed by atoms with Gasteiger partial charge in [-0.1, -0.05) is 6.07 Å². The molecule has 0 aliphatic carbocycles. The van der Waals surface area contributed by atoms with Gasteiger partial charge >= 0.3 is 11.9 Å². The van der Waals surface area contributed by atoms with E-state index >= 15 is 0 Å². The number of carbonyl (C=O) groups excluding carboxylic acids is 2. The maximum Gasteiger partial charge on any atom is 0.340 e. The summed E-state index contributed by atoms with van der Waals surface area (Å²) in [5.41, 5.74) is 0.598. The minimum atomic E-state index is -0.520. The largest absolute Gasteiger partial charge is 0.448 e. The summed E-state index contributed by atoms with van der Waals surface area (Å²) in [6.45, 7) is 0. The maximum absolute atomic E-state index is 11.1. The third-order valence-corrected chi connectivity index (χ3v) is 1.98. The molecule has 0 saturated heterocycles. The van der Waals surface area contributed by atoms with E-state index in [1.54, 1.807) is 18.2 Å². The molecule has 1 aromatic carbocycles. The van der Waals surface area contributed by atoms with Crippen LogP contribution in [-0.2, 0) is 9.05 Å². The van der Waals surface area contributed by atoms with Gasteiger partial charge in [-0.05, 0) is 18.2 Å². The fourth-order valence-electron chi connectivity index (χ4n) is 0.909. The van der Waals surface area contributed by atoms with E-state index in [0.29, 0.717) is 11.1 Å². The molecule has 74 valence electrons. The Morgan fingerprint density at radius 3 is 1.79 bits per heavy atom. The summed E-state index contributed by atoms with van der Waals surface area (Å²) in [6.07, 6.45) is 0. The van der Waals surface area contributed by atoms with Crippen LogP contribution in [0.5, 0.6) is 0 Å². The first-order valence-corrected chi connectivity index (χ1v) is 4.55. The Morgan fingerprint density at radius 2 is 1.43 bits per heavy atom. The molecule has 0 aromatic heterocycles. The molecule has 0 N–H and O–H groups in total. The van der Waals surface area contributed by atoms with Crippen molar-refractivity contribution in [3.63, 3.8) is 0 Å². The fourth-order valence-corrected chi connectivity index (χ4v) is 1.18. The lowest BCUT2D eigenvalue weighted by Crippen LogP contribution is -2.02. The molecule has 0 saturated carbocycles. The predicted molar refractivity (Wildman–Crippen MR) is 56.7 cm³/mol. The topological polar surface area (TPSA) is 52.6 Å². The fraction of sp³-hybridized carbons (Fsp3) is 0. The molecule has 0 bridgehead atoms. The summed E-state index contributed by atoms with van der Waals surface area (Å²) in [4.78, 5) is 22.2. The molecule has 0 amide bonds. The predicted octanol–water partition coefficient (Wildman–Crippen LogP) is 1.58. The van der Waals surface area contributed by atoms with Gasteiger partial charge in [0.05, 0.1) is 30.1 Å². The lowest BCUT2D eigenvalue weighted by Gasteiger charge is -2.01. The molecule has 0 aliphatic heterocycles. The molecule has 1 aromatic rings. The summed E-state index contributed by atoms with van der Waals surface area (Å²) < 4.78 is 8.85. The van der Waals surface area contributed by atoms with Crippen molar-refractivity contribution in [3.8, 4) is 0 Å². The Labute approximate surface area is 85.5 Å². The first-order valence-electron chi connectivity index (χ1n) is 3.61. The van der Waals surface area contributed by atoms with E-state index in [4.69, 9.17) is 0 Å². The number of hydrogen-bond acceptors (Lipinski definition) is 4. The van der Waals surface area contributed by atoms with Gasteiger partial charge < -0.3 is 9.05 Å². The van der Waals surface area contributed by atoms with Crippen LogP contribution in [0.2, 0.25) is 0 Å². The third kappa shape index (κ3) is 2.50. The highest BCUT2D eigenvalue weighted by Gasteiger charge is 2.10. The number of hydrogen-bond donors (Lipinski definition) is 0. The van der Waals surface area contributed by atoms with Gasteiger partial charge in [-0.25, -0.2) is 9.59 Å². The van der Waals surface area contributed by atoms with Crippen LogP contribution in [0, 0.1) is 0 Å². The SMILES string of the molecule is O=C(OP)c1cccc(C(=O)OP)c1. The lowest BCUT2D eigenvalue weighted by atomic mass is 10.1. The smallest absolute Gasteiger partial charge is 0.340 e. The first-order chi connectivity index (χ1) is 6.69. The first kappa shape index (κ1) is 11.1. The van der Waals surface area contributed by atoms with E-state index in [0.717, 1.165) is 0 Å². The molecule has 0 spiro atoms. The Kier molecular flexibility index (Phi) is 3.99. The summed E-state index contributed by atoms with van der Waals surface area (Å²) >= 11 is 0. The molecule has 1 rings (SSSR count). The number of carbonyl (C=O) groups is 2. The molecule has 0 radical (unpaired) electrons. The van der Waals surface area contributed by atoms with Gasteiger partial charge in [-0.2, -0.15) is 0 Å². The molecule has 14 heavy (non-hydrogen) atoms. The van der Waals surface area contributed by atoms with Crippen molar-refractivity contribution in [2.24, 2.45) is 0 Å². The van der Waals surface area contributed by atoms with Crippen LogP contribution < -0.4 is 0 Å². The molecule has 0 heterocycles.